The molecule has 0 radical (unpaired) electrons. The van der Waals surface area contributed by atoms with Crippen LogP contribution in [-0.2, 0) is 9.47 Å². The third kappa shape index (κ3) is 11.5. The zero-order valence-corrected chi connectivity index (χ0v) is 26.8. The Labute approximate surface area is 272 Å². The molecule has 10 nitrogen and oxygen atoms in total. The summed E-state index contributed by atoms with van der Waals surface area (Å²) in [6, 6.07) is 24.4. The van der Waals surface area contributed by atoms with Crippen LogP contribution in [0.2, 0.25) is 0 Å². The van der Waals surface area contributed by atoms with Crippen molar-refractivity contribution in [1.82, 2.24) is 0 Å². The molecule has 0 heterocycles. The summed E-state index contributed by atoms with van der Waals surface area (Å²) in [4.78, 5) is 23.0. The Morgan fingerprint density at radius 3 is 1.58 bits per heavy atom. The fourth-order valence-electron chi connectivity index (χ4n) is 3.67. The van der Waals surface area contributed by atoms with E-state index < -0.39 is 7.12 Å². The van der Waals surface area contributed by atoms with Crippen molar-refractivity contribution in [2.24, 2.45) is 0 Å². The first-order valence-corrected chi connectivity index (χ1v) is 13.7. The molecule has 0 saturated heterocycles. The fraction of sp³-hybridized carbons (Fsp3) is 0.212. The summed E-state index contributed by atoms with van der Waals surface area (Å²) in [6.45, 7) is 0. The molecule has 0 aliphatic heterocycles. The Kier molecular flexibility index (Phi) is 16.9. The van der Waals surface area contributed by atoms with Crippen LogP contribution in [0.4, 0.5) is 0 Å². The van der Waals surface area contributed by atoms with Crippen molar-refractivity contribution in [2.45, 2.75) is 7.43 Å². The molecule has 0 saturated carbocycles. The number of hydrogen-bond acceptors (Lipinski definition) is 10. The van der Waals surface area contributed by atoms with Crippen LogP contribution in [0.25, 0.3) is 11.1 Å². The van der Waals surface area contributed by atoms with Crippen LogP contribution in [-0.4, -0.2) is 71.8 Å². The second-order valence-corrected chi connectivity index (χ2v) is 9.48. The van der Waals surface area contributed by atoms with Crippen molar-refractivity contribution < 1.29 is 48.1 Å². The molecule has 4 aromatic carbocycles. The van der Waals surface area contributed by atoms with Gasteiger partial charge in [0.25, 0.3) is 0 Å². The summed E-state index contributed by atoms with van der Waals surface area (Å²) in [7, 11) is 7.57. The van der Waals surface area contributed by atoms with Crippen molar-refractivity contribution in [3.05, 3.63) is 101 Å². The van der Waals surface area contributed by atoms with Crippen LogP contribution in [0, 0.1) is 0 Å². The van der Waals surface area contributed by atoms with E-state index in [2.05, 4.69) is 20.7 Å². The average molecular weight is 685 g/mol. The molecule has 12 heteroatoms. The number of carbonyl (C=O) groups excluding carboxylic acids is 2. The molecular weight excluding hydrogens is 647 g/mol. The zero-order chi connectivity index (χ0) is 32.6. The quantitative estimate of drug-likeness (QED) is 0.184. The smallest absolute Gasteiger partial charge is 0.488 e. The SMILES string of the molecule is C.COC(=O)c1ccc(OC)cc1-c1cccc(OC)c1.COC(=O)c1ccc(OC)cc1Br.COc1cccc(B(O)O)c1. The van der Waals surface area contributed by atoms with Gasteiger partial charge >= 0.3 is 19.1 Å². The van der Waals surface area contributed by atoms with Gasteiger partial charge in [-0.1, -0.05) is 31.7 Å². The minimum Gasteiger partial charge on any atom is -0.497 e. The number of methoxy groups -OCH3 is 6. The van der Waals surface area contributed by atoms with Gasteiger partial charge in [0, 0.05) is 4.47 Å². The standard InChI is InChI=1S/C16H16O4.C9H9BrO3.C7H9BO3.CH4/c1-18-12-6-4-5-11(9-12)15-10-13(19-2)7-8-14(15)16(17)20-3;1-12-6-3-4-7(8(10)5-6)9(11)13-2;1-11-7-4-2-3-6(5-7)8(9)10;/h4-10H,1-3H3;3-5H,1-2H3;2-5,9-10H,1H3;1H4. The summed E-state index contributed by atoms with van der Waals surface area (Å²) in [5.41, 5.74) is 3.02. The van der Waals surface area contributed by atoms with Gasteiger partial charge in [-0.2, -0.15) is 0 Å². The number of esters is 2. The minimum atomic E-state index is -1.43. The number of benzene rings is 4. The molecule has 0 aromatic heterocycles. The van der Waals surface area contributed by atoms with Gasteiger partial charge in [0.1, 0.15) is 23.0 Å². The van der Waals surface area contributed by atoms with Gasteiger partial charge in [-0.3, -0.25) is 0 Å². The van der Waals surface area contributed by atoms with Crippen molar-refractivity contribution in [1.29, 1.82) is 0 Å². The maximum absolute atomic E-state index is 11.9. The molecule has 240 valence electrons. The molecule has 0 fully saturated rings. The van der Waals surface area contributed by atoms with Crippen LogP contribution in [0.5, 0.6) is 23.0 Å². The van der Waals surface area contributed by atoms with Gasteiger partial charge < -0.3 is 38.5 Å². The van der Waals surface area contributed by atoms with E-state index in [1.165, 1.54) is 21.3 Å². The summed E-state index contributed by atoms with van der Waals surface area (Å²) in [6.07, 6.45) is 0. The lowest BCUT2D eigenvalue weighted by Crippen LogP contribution is -2.29. The van der Waals surface area contributed by atoms with E-state index in [9.17, 15) is 9.59 Å². The monoisotopic (exact) mass is 684 g/mol. The lowest BCUT2D eigenvalue weighted by atomic mass is 9.80. The van der Waals surface area contributed by atoms with E-state index in [1.54, 1.807) is 82.0 Å². The second kappa shape index (κ2) is 19.7. The topological polar surface area (TPSA) is 130 Å². The summed E-state index contributed by atoms with van der Waals surface area (Å²) >= 11 is 3.25. The summed E-state index contributed by atoms with van der Waals surface area (Å²) in [5, 5.41) is 17.5. The largest absolute Gasteiger partial charge is 0.497 e. The van der Waals surface area contributed by atoms with Gasteiger partial charge in [0.2, 0.25) is 0 Å². The maximum Gasteiger partial charge on any atom is 0.488 e. The Bertz CT molecular complexity index is 1530. The molecule has 0 amide bonds. The third-order valence-corrected chi connectivity index (χ3v) is 6.64. The third-order valence-electron chi connectivity index (χ3n) is 5.99. The maximum atomic E-state index is 11.9. The Hall–Kier alpha value is -4.52. The summed E-state index contributed by atoms with van der Waals surface area (Å²) in [5.74, 6) is 1.96. The minimum absolute atomic E-state index is 0. The highest BCUT2D eigenvalue weighted by Gasteiger charge is 2.15. The first kappa shape index (κ1) is 38.5. The van der Waals surface area contributed by atoms with Crippen LogP contribution in [0.1, 0.15) is 28.1 Å². The highest BCUT2D eigenvalue weighted by Crippen LogP contribution is 2.31. The number of hydrogen-bond donors (Lipinski definition) is 2. The van der Waals surface area contributed by atoms with E-state index in [0.717, 1.165) is 16.9 Å². The van der Waals surface area contributed by atoms with Gasteiger partial charge in [-0.25, -0.2) is 9.59 Å². The van der Waals surface area contributed by atoms with Crippen molar-refractivity contribution in [2.75, 3.05) is 42.7 Å². The normalized spacial score (nSPS) is 9.44. The first-order valence-electron chi connectivity index (χ1n) is 12.9. The fourth-order valence-corrected chi connectivity index (χ4v) is 4.19. The zero-order valence-electron chi connectivity index (χ0n) is 25.2. The number of ether oxygens (including phenoxy) is 6. The van der Waals surface area contributed by atoms with E-state index >= 15 is 0 Å². The molecule has 0 atom stereocenters. The molecule has 45 heavy (non-hydrogen) atoms. The molecule has 0 bridgehead atoms. The number of rotatable bonds is 8. The van der Waals surface area contributed by atoms with Crippen LogP contribution < -0.4 is 24.4 Å². The molecule has 4 aromatic rings. The second-order valence-electron chi connectivity index (χ2n) is 8.62. The highest BCUT2D eigenvalue weighted by molar-refractivity contribution is 9.10. The molecular formula is C33H38BBrO10. The Balaban J connectivity index is 0.000000353. The molecule has 4 rings (SSSR count). The predicted molar refractivity (Wildman–Crippen MR) is 178 cm³/mol. The lowest BCUT2D eigenvalue weighted by Gasteiger charge is -2.11. The van der Waals surface area contributed by atoms with Crippen molar-refractivity contribution >= 4 is 40.4 Å². The molecule has 0 spiro atoms. The van der Waals surface area contributed by atoms with Gasteiger partial charge in [-0.05, 0) is 93.2 Å². The number of halogens is 1. The van der Waals surface area contributed by atoms with Crippen molar-refractivity contribution in [3.63, 3.8) is 0 Å². The van der Waals surface area contributed by atoms with Gasteiger partial charge in [0.05, 0.1) is 53.8 Å². The first-order chi connectivity index (χ1) is 21.1. The Morgan fingerprint density at radius 1 is 0.600 bits per heavy atom. The average Bonchev–Trinajstić information content (AvgIpc) is 3.07. The van der Waals surface area contributed by atoms with E-state index in [1.807, 2.05) is 24.3 Å². The van der Waals surface area contributed by atoms with E-state index in [4.69, 9.17) is 33.7 Å². The molecule has 0 aliphatic carbocycles. The van der Waals surface area contributed by atoms with E-state index in [-0.39, 0.29) is 19.4 Å². The van der Waals surface area contributed by atoms with E-state index in [0.29, 0.717) is 38.3 Å². The Morgan fingerprint density at radius 2 is 1.07 bits per heavy atom. The van der Waals surface area contributed by atoms with Crippen molar-refractivity contribution in [3.8, 4) is 34.1 Å². The van der Waals surface area contributed by atoms with Crippen LogP contribution in [0.3, 0.4) is 0 Å². The predicted octanol–water partition coefficient (Wildman–Crippen LogP) is 5.41. The number of carbonyl (C=O) groups is 2. The highest BCUT2D eigenvalue weighted by atomic mass is 79.9. The summed E-state index contributed by atoms with van der Waals surface area (Å²) < 4.78 is 30.4. The lowest BCUT2D eigenvalue weighted by molar-refractivity contribution is 0.0591. The van der Waals surface area contributed by atoms with Gasteiger partial charge in [-0.15, -0.1) is 0 Å². The molecule has 2 N–H and O–H groups in total. The van der Waals surface area contributed by atoms with Crippen LogP contribution >= 0.6 is 15.9 Å². The van der Waals surface area contributed by atoms with Gasteiger partial charge in [0.15, 0.2) is 0 Å². The molecule has 0 unspecified atom stereocenters. The molecule has 0 aliphatic rings. The van der Waals surface area contributed by atoms with Crippen LogP contribution in [0.15, 0.2) is 89.4 Å².